The molecular formula is C15H30N4O2. The molecule has 0 bridgehead atoms. The van der Waals surface area contributed by atoms with Crippen LogP contribution in [0.15, 0.2) is 4.42 Å². The molecule has 0 fully saturated rings. The van der Waals surface area contributed by atoms with E-state index < -0.39 is 0 Å². The van der Waals surface area contributed by atoms with Crippen LogP contribution >= 0.6 is 0 Å². The van der Waals surface area contributed by atoms with Crippen LogP contribution in [0.25, 0.3) is 0 Å². The van der Waals surface area contributed by atoms with Crippen molar-refractivity contribution in [3.63, 3.8) is 0 Å². The van der Waals surface area contributed by atoms with Crippen molar-refractivity contribution >= 4 is 6.01 Å². The van der Waals surface area contributed by atoms with Crippen LogP contribution in [0.2, 0.25) is 0 Å². The van der Waals surface area contributed by atoms with Crippen molar-refractivity contribution in [1.29, 1.82) is 0 Å². The number of hydrogen-bond donors (Lipinski definition) is 1. The van der Waals surface area contributed by atoms with E-state index in [4.69, 9.17) is 9.15 Å². The maximum atomic E-state index is 5.87. The van der Waals surface area contributed by atoms with Gasteiger partial charge in [0.1, 0.15) is 0 Å². The van der Waals surface area contributed by atoms with E-state index >= 15 is 0 Å². The van der Waals surface area contributed by atoms with Crippen molar-refractivity contribution in [1.82, 2.24) is 15.5 Å². The second-order valence-electron chi connectivity index (χ2n) is 5.26. The van der Waals surface area contributed by atoms with Crippen LogP contribution in [0.3, 0.4) is 0 Å². The highest BCUT2D eigenvalue weighted by atomic mass is 16.5. The molecule has 1 rings (SSSR count). The van der Waals surface area contributed by atoms with Crippen LogP contribution in [0.5, 0.6) is 0 Å². The fourth-order valence-corrected chi connectivity index (χ4v) is 2.32. The van der Waals surface area contributed by atoms with E-state index in [1.807, 2.05) is 6.92 Å². The molecule has 0 aliphatic rings. The quantitative estimate of drug-likeness (QED) is 0.678. The highest BCUT2D eigenvalue weighted by Gasteiger charge is 2.22. The van der Waals surface area contributed by atoms with Gasteiger partial charge in [-0.1, -0.05) is 25.9 Å². The molecule has 1 aromatic heterocycles. The molecule has 1 atom stereocenters. The first-order chi connectivity index (χ1) is 10.2. The van der Waals surface area contributed by atoms with E-state index in [0.717, 1.165) is 32.4 Å². The lowest BCUT2D eigenvalue weighted by atomic mass is 10.1. The summed E-state index contributed by atoms with van der Waals surface area (Å²) in [6.45, 7) is 10.9. The van der Waals surface area contributed by atoms with Gasteiger partial charge >= 0.3 is 6.01 Å². The third kappa shape index (κ3) is 5.28. The first kappa shape index (κ1) is 17.9. The Morgan fingerprint density at radius 3 is 2.52 bits per heavy atom. The van der Waals surface area contributed by atoms with Crippen LogP contribution in [0.4, 0.5) is 6.01 Å². The number of rotatable bonds is 11. The Kier molecular flexibility index (Phi) is 8.30. The molecule has 1 heterocycles. The Labute approximate surface area is 128 Å². The highest BCUT2D eigenvalue weighted by molar-refractivity contribution is 5.26. The maximum absolute atomic E-state index is 5.87. The van der Waals surface area contributed by atoms with Gasteiger partial charge in [-0.2, -0.15) is 0 Å². The molecule has 0 aromatic carbocycles. The molecule has 6 heteroatoms. The van der Waals surface area contributed by atoms with Crippen molar-refractivity contribution in [2.45, 2.75) is 59.0 Å². The van der Waals surface area contributed by atoms with Gasteiger partial charge in [0.15, 0.2) is 0 Å². The lowest BCUT2D eigenvalue weighted by molar-refractivity contribution is 0.200. The van der Waals surface area contributed by atoms with Crippen LogP contribution in [-0.4, -0.2) is 43.0 Å². The second kappa shape index (κ2) is 9.73. The first-order valence-corrected chi connectivity index (χ1v) is 8.00. The van der Waals surface area contributed by atoms with Crippen LogP contribution < -0.4 is 10.2 Å². The minimum absolute atomic E-state index is 0.0807. The van der Waals surface area contributed by atoms with Gasteiger partial charge in [0.05, 0.1) is 12.6 Å². The number of hydrogen-bond acceptors (Lipinski definition) is 6. The molecule has 1 N–H and O–H groups in total. The molecular weight excluding hydrogens is 268 g/mol. The van der Waals surface area contributed by atoms with Gasteiger partial charge in [-0.25, -0.2) is 0 Å². The third-order valence-electron chi connectivity index (χ3n) is 3.67. The summed E-state index contributed by atoms with van der Waals surface area (Å²) in [5.74, 6) is 0.645. The molecule has 0 saturated heterocycles. The predicted octanol–water partition coefficient (Wildman–Crippen LogP) is 2.77. The molecule has 0 saturated carbocycles. The molecule has 1 aromatic rings. The Morgan fingerprint density at radius 2 is 1.95 bits per heavy atom. The van der Waals surface area contributed by atoms with E-state index in [1.165, 1.54) is 0 Å². The van der Waals surface area contributed by atoms with Gasteiger partial charge in [0.2, 0.25) is 5.89 Å². The summed E-state index contributed by atoms with van der Waals surface area (Å²) in [7, 11) is 1.71. The molecule has 0 radical (unpaired) electrons. The minimum atomic E-state index is 0.0807. The molecule has 122 valence electrons. The smallest absolute Gasteiger partial charge is 0.318 e. The van der Waals surface area contributed by atoms with Crippen LogP contribution in [-0.2, 0) is 4.74 Å². The van der Waals surface area contributed by atoms with Crippen molar-refractivity contribution < 1.29 is 9.15 Å². The van der Waals surface area contributed by atoms with E-state index in [0.29, 0.717) is 24.6 Å². The van der Waals surface area contributed by atoms with Gasteiger partial charge in [-0.15, -0.1) is 5.10 Å². The molecule has 21 heavy (non-hydrogen) atoms. The zero-order chi connectivity index (χ0) is 15.7. The zero-order valence-electron chi connectivity index (χ0n) is 14.1. The summed E-state index contributed by atoms with van der Waals surface area (Å²) < 4.78 is 11.1. The van der Waals surface area contributed by atoms with E-state index in [-0.39, 0.29) is 6.04 Å². The largest absolute Gasteiger partial charge is 0.406 e. The van der Waals surface area contributed by atoms with Crippen molar-refractivity contribution in [2.75, 3.05) is 31.7 Å². The van der Waals surface area contributed by atoms with Gasteiger partial charge < -0.3 is 19.4 Å². The van der Waals surface area contributed by atoms with Gasteiger partial charge in [-0.3, -0.25) is 0 Å². The number of aromatic nitrogens is 2. The highest BCUT2D eigenvalue weighted by Crippen LogP contribution is 2.21. The van der Waals surface area contributed by atoms with Crippen LogP contribution in [0.1, 0.15) is 58.9 Å². The monoisotopic (exact) mass is 298 g/mol. The third-order valence-corrected chi connectivity index (χ3v) is 3.67. The zero-order valence-corrected chi connectivity index (χ0v) is 14.1. The predicted molar refractivity (Wildman–Crippen MR) is 84.6 cm³/mol. The van der Waals surface area contributed by atoms with E-state index in [1.54, 1.807) is 7.11 Å². The summed E-state index contributed by atoms with van der Waals surface area (Å²) in [6.07, 6.45) is 3.17. The standard InChI is InChI=1S/C15H30N4O2/c1-6-9-16-12(4)14-17-18-15(21-14)19(10-11-20-5)13(7-2)8-3/h12-13,16H,6-11H2,1-5H3. The van der Waals surface area contributed by atoms with E-state index in [9.17, 15) is 0 Å². The van der Waals surface area contributed by atoms with Crippen LogP contribution in [0, 0.1) is 0 Å². The summed E-state index contributed by atoms with van der Waals surface area (Å²) in [5.41, 5.74) is 0. The topological polar surface area (TPSA) is 63.4 Å². The van der Waals surface area contributed by atoms with Gasteiger partial charge in [0.25, 0.3) is 0 Å². The average Bonchev–Trinajstić information content (AvgIpc) is 2.98. The summed E-state index contributed by atoms with van der Waals surface area (Å²) in [6, 6.07) is 1.07. The summed E-state index contributed by atoms with van der Waals surface area (Å²) in [4.78, 5) is 2.16. The minimum Gasteiger partial charge on any atom is -0.406 e. The second-order valence-corrected chi connectivity index (χ2v) is 5.26. The molecule has 1 unspecified atom stereocenters. The Morgan fingerprint density at radius 1 is 1.24 bits per heavy atom. The maximum Gasteiger partial charge on any atom is 0.318 e. The number of anilines is 1. The fourth-order valence-electron chi connectivity index (χ4n) is 2.32. The number of nitrogens with one attached hydrogen (secondary N) is 1. The van der Waals surface area contributed by atoms with Gasteiger partial charge in [-0.05, 0) is 32.7 Å². The first-order valence-electron chi connectivity index (χ1n) is 8.00. The molecule has 0 aliphatic heterocycles. The van der Waals surface area contributed by atoms with Crippen molar-refractivity contribution in [2.24, 2.45) is 0 Å². The molecule has 0 aliphatic carbocycles. The average molecular weight is 298 g/mol. The molecule has 0 amide bonds. The Bertz CT molecular complexity index is 380. The molecule has 6 nitrogen and oxygen atoms in total. The van der Waals surface area contributed by atoms with E-state index in [2.05, 4.69) is 41.2 Å². The van der Waals surface area contributed by atoms with Crippen molar-refractivity contribution in [3.8, 4) is 0 Å². The lowest BCUT2D eigenvalue weighted by Crippen LogP contribution is -2.37. The van der Waals surface area contributed by atoms with Gasteiger partial charge in [0, 0.05) is 19.7 Å². The van der Waals surface area contributed by atoms with Crippen molar-refractivity contribution in [3.05, 3.63) is 5.89 Å². The lowest BCUT2D eigenvalue weighted by Gasteiger charge is -2.28. The SMILES string of the molecule is CCCNC(C)c1nnc(N(CCOC)C(CC)CC)o1. The summed E-state index contributed by atoms with van der Waals surface area (Å²) in [5, 5.41) is 11.8. The fraction of sp³-hybridized carbons (Fsp3) is 0.867. The summed E-state index contributed by atoms with van der Waals surface area (Å²) >= 11 is 0. The Balaban J connectivity index is 2.80. The number of nitrogens with zero attached hydrogens (tertiary/aromatic N) is 3. The number of methoxy groups -OCH3 is 1. The normalized spacial score (nSPS) is 12.9. The molecule has 0 spiro atoms. The number of ether oxygens (including phenoxy) is 1. The Hall–Kier alpha value is -1.14.